The second-order valence-electron chi connectivity index (χ2n) is 9.93. The summed E-state index contributed by atoms with van der Waals surface area (Å²) in [5.74, 6) is -5.46. The number of carboxylic acids is 3. The zero-order valence-electron chi connectivity index (χ0n) is 22.7. The fourth-order valence-electron chi connectivity index (χ4n) is 4.68. The Morgan fingerprint density at radius 3 is 2.23 bits per heavy atom. The highest BCUT2D eigenvalue weighted by Gasteiger charge is 2.50. The average Bonchev–Trinajstić information content (AvgIpc) is 3.31. The Labute approximate surface area is 251 Å². The molecule has 3 aliphatic rings. The number of rotatable bonds is 7. The first-order valence-electron chi connectivity index (χ1n) is 12.9. The fraction of sp³-hybridized carbons (Fsp3) is 0.286. The molecule has 2 aromatic rings. The van der Waals surface area contributed by atoms with Crippen molar-refractivity contribution in [2.75, 3.05) is 12.3 Å². The molecule has 2 fully saturated rings. The molecule has 2 amide bonds. The van der Waals surface area contributed by atoms with E-state index in [1.165, 1.54) is 11.8 Å². The van der Waals surface area contributed by atoms with Gasteiger partial charge in [0.05, 0.1) is 17.2 Å². The number of hydrogen-bond donors (Lipinski definition) is 3. The molecule has 4 N–H and O–H groups in total. The number of β-lactam (4-membered cyclic amide) rings is 1. The molecule has 44 heavy (non-hydrogen) atoms. The number of aromatic carboxylic acids is 1. The van der Waals surface area contributed by atoms with Gasteiger partial charge in [0.1, 0.15) is 11.4 Å². The second-order valence-corrected chi connectivity index (χ2v) is 11.0. The molecule has 2 atom stereocenters. The number of aliphatic carboxylic acids is 2. The van der Waals surface area contributed by atoms with E-state index in [1.807, 2.05) is 29.1 Å². The van der Waals surface area contributed by atoms with Gasteiger partial charge >= 0.3 is 18.1 Å². The summed E-state index contributed by atoms with van der Waals surface area (Å²) in [6.07, 6.45) is 0.782. The van der Waals surface area contributed by atoms with E-state index in [2.05, 4.69) is 0 Å². The van der Waals surface area contributed by atoms with E-state index >= 15 is 0 Å². The minimum absolute atomic E-state index is 0.167. The number of nitrogens with two attached hydrogens (primary N) is 1. The molecule has 0 unspecified atom stereocenters. The molecule has 0 saturated carbocycles. The lowest BCUT2D eigenvalue weighted by atomic mass is 10.0. The van der Waals surface area contributed by atoms with Gasteiger partial charge in [-0.1, -0.05) is 12.1 Å². The average molecular weight is 635 g/mol. The molecule has 0 bridgehead atoms. The van der Waals surface area contributed by atoms with Gasteiger partial charge in [0.15, 0.2) is 18.9 Å². The third-order valence-electron chi connectivity index (χ3n) is 6.94. The summed E-state index contributed by atoms with van der Waals surface area (Å²) in [5, 5.41) is 27.5. The monoisotopic (exact) mass is 634 g/mol. The maximum atomic E-state index is 13.0. The largest absolute Gasteiger partial charge is 0.543 e. The Morgan fingerprint density at radius 1 is 1.07 bits per heavy atom. The molecule has 5 rings (SSSR count). The van der Waals surface area contributed by atoms with Crippen LogP contribution >= 0.6 is 11.8 Å². The zero-order chi connectivity index (χ0) is 32.3. The van der Waals surface area contributed by atoms with Crippen LogP contribution in [0, 0.1) is 0 Å². The quantitative estimate of drug-likeness (QED) is 0.217. The molecule has 3 aliphatic heterocycles. The van der Waals surface area contributed by atoms with E-state index in [1.54, 1.807) is 35.2 Å². The van der Waals surface area contributed by atoms with Crippen LogP contribution in [0.25, 0.3) is 0 Å². The summed E-state index contributed by atoms with van der Waals surface area (Å²) in [4.78, 5) is 59.7. The SMILES string of the molecule is N[C@@H]1C(=O)N2C(C(=O)[O-])=C(/C=C3\CCN(Cc4cc[n+](Cc5ccc(C(=O)O)cc5)cc4)C3=O)CS[C@H]12.O=C(O)C(F)(F)F. The highest BCUT2D eigenvalue weighted by atomic mass is 32.2. The summed E-state index contributed by atoms with van der Waals surface area (Å²) in [5.41, 5.74) is 8.63. The molecule has 4 heterocycles. The highest BCUT2D eigenvalue weighted by molar-refractivity contribution is 8.00. The number of carbonyl (C=O) groups is 5. The number of fused-ring (bicyclic) bond motifs is 1. The predicted octanol–water partition coefficient (Wildman–Crippen LogP) is 0.259. The van der Waals surface area contributed by atoms with E-state index in [0.717, 1.165) is 16.0 Å². The standard InChI is InChI=1S/C26H24N4O6S.C2HF3O2/c27-20-23(32)30-21(26(35)36)19(14-37-24(20)30)11-18-7-10-29(22(18)31)13-16-5-8-28(9-6-16)12-15-1-3-17(4-2-15)25(33)34;3-2(4,5)1(6)7/h1-6,8-9,11,20,24H,7,10,12-14,27H2,(H-,33,34,35,36);(H,6,7)/b18-11+;/t20-,24-;/m1./s1. The number of amides is 2. The first-order chi connectivity index (χ1) is 20.7. The molecule has 0 radical (unpaired) electrons. The minimum Gasteiger partial charge on any atom is -0.543 e. The third-order valence-corrected chi connectivity index (χ3v) is 8.26. The van der Waals surface area contributed by atoms with Crippen LogP contribution in [0.1, 0.15) is 27.9 Å². The smallest absolute Gasteiger partial charge is 0.490 e. The summed E-state index contributed by atoms with van der Waals surface area (Å²) >= 11 is 1.38. The van der Waals surface area contributed by atoms with Gasteiger partial charge in [-0.15, -0.1) is 11.8 Å². The van der Waals surface area contributed by atoms with Gasteiger partial charge < -0.3 is 30.7 Å². The van der Waals surface area contributed by atoms with Crippen LogP contribution in [-0.2, 0) is 32.3 Å². The number of pyridine rings is 1. The topological polar surface area (TPSA) is 185 Å². The third kappa shape index (κ3) is 7.08. The second kappa shape index (κ2) is 12.9. The summed E-state index contributed by atoms with van der Waals surface area (Å²) in [6, 6.07) is 9.83. The number of thioether (sulfide) groups is 1. The predicted molar refractivity (Wildman–Crippen MR) is 144 cm³/mol. The van der Waals surface area contributed by atoms with Gasteiger partial charge in [0.2, 0.25) is 11.8 Å². The number of nitrogens with zero attached hydrogens (tertiary/aromatic N) is 3. The molecule has 12 nitrogen and oxygen atoms in total. The van der Waals surface area contributed by atoms with Crippen molar-refractivity contribution in [2.45, 2.75) is 37.1 Å². The summed E-state index contributed by atoms with van der Waals surface area (Å²) in [7, 11) is 0. The van der Waals surface area contributed by atoms with Crippen molar-refractivity contribution < 1.29 is 57.0 Å². The van der Waals surface area contributed by atoms with Crippen LogP contribution in [0.2, 0.25) is 0 Å². The Bertz CT molecular complexity index is 1560. The molecule has 0 spiro atoms. The number of likely N-dealkylation sites (tertiary alicyclic amines) is 1. The van der Waals surface area contributed by atoms with E-state index in [9.17, 15) is 37.5 Å². The van der Waals surface area contributed by atoms with Crippen molar-refractivity contribution in [3.8, 4) is 0 Å². The lowest BCUT2D eigenvalue weighted by Gasteiger charge is -2.49. The molecule has 232 valence electrons. The van der Waals surface area contributed by atoms with Gasteiger partial charge in [-0.25, -0.2) is 14.2 Å². The van der Waals surface area contributed by atoms with Crippen LogP contribution in [-0.4, -0.2) is 79.6 Å². The number of carbonyl (C=O) groups excluding carboxylic acids is 3. The number of benzene rings is 1. The van der Waals surface area contributed by atoms with Gasteiger partial charge in [0.25, 0.3) is 0 Å². The Kier molecular flexibility index (Phi) is 9.44. The summed E-state index contributed by atoms with van der Waals surface area (Å²) < 4.78 is 33.7. The van der Waals surface area contributed by atoms with E-state index in [4.69, 9.17) is 20.7 Å². The van der Waals surface area contributed by atoms with Crippen molar-refractivity contribution in [3.63, 3.8) is 0 Å². The fourth-order valence-corrected chi connectivity index (χ4v) is 5.94. The molecule has 2 saturated heterocycles. The lowest BCUT2D eigenvalue weighted by molar-refractivity contribution is -0.688. The van der Waals surface area contributed by atoms with Gasteiger partial charge in [-0.2, -0.15) is 13.2 Å². The minimum atomic E-state index is -5.08. The van der Waals surface area contributed by atoms with Gasteiger partial charge in [0, 0.05) is 42.1 Å². The number of carboxylic acid groups (broad SMARTS) is 3. The molecule has 1 aromatic heterocycles. The first kappa shape index (κ1) is 32.2. The lowest BCUT2D eigenvalue weighted by Crippen LogP contribution is -2.69. The van der Waals surface area contributed by atoms with Crippen LogP contribution in [0.15, 0.2) is 71.7 Å². The van der Waals surface area contributed by atoms with Crippen molar-refractivity contribution in [2.24, 2.45) is 5.73 Å². The van der Waals surface area contributed by atoms with Crippen molar-refractivity contribution in [3.05, 3.63) is 88.4 Å². The number of allylic oxidation sites excluding steroid dienone is 1. The number of hydrogen-bond acceptors (Lipinski definition) is 8. The molecule has 0 aliphatic carbocycles. The van der Waals surface area contributed by atoms with Gasteiger partial charge in [-0.05, 0) is 35.8 Å². The van der Waals surface area contributed by atoms with E-state index < -0.39 is 41.4 Å². The van der Waals surface area contributed by atoms with E-state index in [0.29, 0.717) is 43.0 Å². The zero-order valence-corrected chi connectivity index (χ0v) is 23.5. The van der Waals surface area contributed by atoms with E-state index in [-0.39, 0.29) is 17.2 Å². The first-order valence-corrected chi connectivity index (χ1v) is 14.0. The normalized spacial score (nSPS) is 20.6. The summed E-state index contributed by atoms with van der Waals surface area (Å²) in [6.45, 7) is 1.49. The van der Waals surface area contributed by atoms with Crippen LogP contribution in [0.4, 0.5) is 13.2 Å². The maximum absolute atomic E-state index is 13.0. The Morgan fingerprint density at radius 2 is 1.68 bits per heavy atom. The van der Waals surface area contributed by atoms with Crippen LogP contribution in [0.5, 0.6) is 0 Å². The van der Waals surface area contributed by atoms with Crippen molar-refractivity contribution >= 4 is 41.5 Å². The molecular formula is C28H25F3N4O8S. The Hall–Kier alpha value is -4.70. The van der Waals surface area contributed by atoms with Crippen LogP contribution in [0.3, 0.4) is 0 Å². The van der Waals surface area contributed by atoms with Crippen molar-refractivity contribution in [1.82, 2.24) is 9.80 Å². The molecule has 1 aromatic carbocycles. The van der Waals surface area contributed by atoms with Gasteiger partial charge in [-0.3, -0.25) is 14.5 Å². The van der Waals surface area contributed by atoms with Crippen molar-refractivity contribution in [1.29, 1.82) is 0 Å². The molecular weight excluding hydrogens is 609 g/mol. The number of aromatic nitrogens is 1. The molecule has 16 heteroatoms. The number of halogens is 3. The van der Waals surface area contributed by atoms with Crippen LogP contribution < -0.4 is 15.4 Å². The maximum Gasteiger partial charge on any atom is 0.490 e. The Balaban J connectivity index is 0.000000566. The highest BCUT2D eigenvalue weighted by Crippen LogP contribution is 2.40. The number of alkyl halides is 3.